The van der Waals surface area contributed by atoms with E-state index < -0.39 is 5.97 Å². The van der Waals surface area contributed by atoms with Crippen LogP contribution in [0.2, 0.25) is 0 Å². The van der Waals surface area contributed by atoms with E-state index in [2.05, 4.69) is 4.98 Å². The number of carboxylic acid groups (broad SMARTS) is 1. The van der Waals surface area contributed by atoms with Gasteiger partial charge in [-0.05, 0) is 12.8 Å². The fourth-order valence-electron chi connectivity index (χ4n) is 1.12. The normalized spacial score (nSPS) is 16.0. The number of aromatic hydroxyl groups is 1. The van der Waals surface area contributed by atoms with Gasteiger partial charge in [0.2, 0.25) is 5.88 Å². The fourth-order valence-corrected chi connectivity index (χ4v) is 2.24. The maximum atomic E-state index is 10.4. The summed E-state index contributed by atoms with van der Waals surface area (Å²) in [5.41, 5.74) is 0. The minimum absolute atomic E-state index is 0.102. The summed E-state index contributed by atoms with van der Waals surface area (Å²) in [4.78, 5) is 14.8. The van der Waals surface area contributed by atoms with E-state index in [1.807, 2.05) is 0 Å². The molecule has 13 heavy (non-hydrogen) atoms. The van der Waals surface area contributed by atoms with Crippen LogP contribution >= 0.6 is 11.3 Å². The third-order valence-electron chi connectivity index (χ3n) is 1.93. The second kappa shape index (κ2) is 2.99. The van der Waals surface area contributed by atoms with Crippen LogP contribution in [0.3, 0.4) is 0 Å². The zero-order valence-corrected chi connectivity index (χ0v) is 7.67. The molecule has 0 bridgehead atoms. The van der Waals surface area contributed by atoms with E-state index in [9.17, 15) is 9.90 Å². The molecule has 0 aromatic carbocycles. The molecule has 0 unspecified atom stereocenters. The molecule has 0 saturated heterocycles. The molecular formula is C8H9NO3S. The first-order chi connectivity index (χ1) is 6.16. The molecule has 1 aromatic rings. The van der Waals surface area contributed by atoms with Crippen LogP contribution in [0, 0.1) is 0 Å². The van der Waals surface area contributed by atoms with Crippen molar-refractivity contribution < 1.29 is 15.0 Å². The lowest BCUT2D eigenvalue weighted by atomic mass is 10.4. The number of hydrogen-bond acceptors (Lipinski definition) is 4. The minimum Gasteiger partial charge on any atom is -0.492 e. The minimum atomic E-state index is -0.929. The number of carbonyl (C=O) groups is 1. The first-order valence-corrected chi connectivity index (χ1v) is 4.89. The van der Waals surface area contributed by atoms with E-state index in [0.717, 1.165) is 17.8 Å². The molecule has 1 aromatic heterocycles. The molecule has 4 nitrogen and oxygen atoms in total. The molecule has 0 spiro atoms. The standard InChI is InChI=1S/C8H9NO3S/c10-6(11)3-5-7(12)9-8(13-5)4-1-2-4/h4,12H,1-3H2,(H,10,11). The van der Waals surface area contributed by atoms with Crippen molar-refractivity contribution in [3.8, 4) is 5.88 Å². The number of nitrogens with zero attached hydrogens (tertiary/aromatic N) is 1. The van der Waals surface area contributed by atoms with Crippen LogP contribution in [0.1, 0.15) is 28.6 Å². The Bertz CT molecular complexity index is 343. The Labute approximate surface area is 78.9 Å². The van der Waals surface area contributed by atoms with Crippen molar-refractivity contribution in [3.05, 3.63) is 9.88 Å². The average molecular weight is 199 g/mol. The number of hydrogen-bond donors (Lipinski definition) is 2. The van der Waals surface area contributed by atoms with E-state index in [0.29, 0.717) is 10.8 Å². The Hall–Kier alpha value is -1.10. The van der Waals surface area contributed by atoms with Gasteiger partial charge < -0.3 is 10.2 Å². The molecule has 1 saturated carbocycles. The first-order valence-electron chi connectivity index (χ1n) is 4.07. The van der Waals surface area contributed by atoms with Crippen molar-refractivity contribution in [2.75, 3.05) is 0 Å². The molecule has 0 atom stereocenters. The second-order valence-corrected chi connectivity index (χ2v) is 4.26. The van der Waals surface area contributed by atoms with Gasteiger partial charge in [0.05, 0.1) is 11.3 Å². The third-order valence-corrected chi connectivity index (χ3v) is 3.14. The van der Waals surface area contributed by atoms with E-state index in [4.69, 9.17) is 5.11 Å². The molecule has 0 aliphatic heterocycles. The Balaban J connectivity index is 2.19. The van der Waals surface area contributed by atoms with Crippen LogP contribution in [0.25, 0.3) is 0 Å². The lowest BCUT2D eigenvalue weighted by Gasteiger charge is -1.88. The van der Waals surface area contributed by atoms with Gasteiger partial charge in [-0.1, -0.05) is 0 Å². The summed E-state index contributed by atoms with van der Waals surface area (Å²) in [7, 11) is 0. The van der Waals surface area contributed by atoms with E-state index in [1.54, 1.807) is 0 Å². The molecular weight excluding hydrogens is 190 g/mol. The van der Waals surface area contributed by atoms with Gasteiger partial charge in [-0.25, -0.2) is 4.98 Å². The maximum Gasteiger partial charge on any atom is 0.308 e. The quantitative estimate of drug-likeness (QED) is 0.771. The monoisotopic (exact) mass is 199 g/mol. The van der Waals surface area contributed by atoms with E-state index >= 15 is 0 Å². The van der Waals surface area contributed by atoms with Crippen molar-refractivity contribution >= 4 is 17.3 Å². The fraction of sp³-hybridized carbons (Fsp3) is 0.500. The Morgan fingerprint density at radius 1 is 1.62 bits per heavy atom. The molecule has 0 amide bonds. The molecule has 2 rings (SSSR count). The maximum absolute atomic E-state index is 10.4. The third kappa shape index (κ3) is 1.80. The topological polar surface area (TPSA) is 70.4 Å². The molecule has 1 aliphatic rings. The number of aromatic nitrogens is 1. The summed E-state index contributed by atoms with van der Waals surface area (Å²) >= 11 is 1.32. The molecule has 0 radical (unpaired) electrons. The van der Waals surface area contributed by atoms with Crippen LogP contribution in [0.4, 0.5) is 0 Å². The summed E-state index contributed by atoms with van der Waals surface area (Å²) in [6, 6.07) is 0. The second-order valence-electron chi connectivity index (χ2n) is 3.14. The SMILES string of the molecule is O=C(O)Cc1sc(C2CC2)nc1O. The largest absolute Gasteiger partial charge is 0.492 e. The van der Waals surface area contributed by atoms with Gasteiger partial charge in [-0.2, -0.15) is 0 Å². The van der Waals surface area contributed by atoms with E-state index in [-0.39, 0.29) is 12.3 Å². The zero-order chi connectivity index (χ0) is 9.42. The molecule has 5 heteroatoms. The molecule has 70 valence electrons. The molecule has 1 fully saturated rings. The lowest BCUT2D eigenvalue weighted by Crippen LogP contribution is -1.97. The van der Waals surface area contributed by atoms with Crippen molar-refractivity contribution in [2.45, 2.75) is 25.2 Å². The van der Waals surface area contributed by atoms with Gasteiger partial charge in [0.15, 0.2) is 0 Å². The van der Waals surface area contributed by atoms with Gasteiger partial charge in [0, 0.05) is 5.92 Å². The lowest BCUT2D eigenvalue weighted by molar-refractivity contribution is -0.136. The van der Waals surface area contributed by atoms with Gasteiger partial charge in [-0.15, -0.1) is 11.3 Å². The van der Waals surface area contributed by atoms with Crippen LogP contribution in [0.15, 0.2) is 0 Å². The predicted molar refractivity (Wildman–Crippen MR) is 47.1 cm³/mol. The highest BCUT2D eigenvalue weighted by molar-refractivity contribution is 7.12. The highest BCUT2D eigenvalue weighted by atomic mass is 32.1. The Morgan fingerprint density at radius 3 is 2.85 bits per heavy atom. The van der Waals surface area contributed by atoms with Gasteiger partial charge >= 0.3 is 5.97 Å². The smallest absolute Gasteiger partial charge is 0.308 e. The summed E-state index contributed by atoms with van der Waals surface area (Å²) in [5, 5.41) is 18.7. The summed E-state index contributed by atoms with van der Waals surface area (Å²) in [6.45, 7) is 0. The average Bonchev–Trinajstić information content (AvgIpc) is 2.79. The van der Waals surface area contributed by atoms with Crippen LogP contribution in [-0.2, 0) is 11.2 Å². The highest BCUT2D eigenvalue weighted by Crippen LogP contribution is 2.43. The number of carboxylic acids is 1. The van der Waals surface area contributed by atoms with E-state index in [1.165, 1.54) is 11.3 Å². The molecule has 2 N–H and O–H groups in total. The van der Waals surface area contributed by atoms with Gasteiger partial charge in [0.25, 0.3) is 0 Å². The number of aliphatic carboxylic acids is 1. The number of rotatable bonds is 3. The van der Waals surface area contributed by atoms with Crippen molar-refractivity contribution in [1.29, 1.82) is 0 Å². The van der Waals surface area contributed by atoms with Crippen LogP contribution in [-0.4, -0.2) is 21.2 Å². The number of thiazole rings is 1. The zero-order valence-electron chi connectivity index (χ0n) is 6.86. The molecule has 1 aliphatic carbocycles. The van der Waals surface area contributed by atoms with Crippen molar-refractivity contribution in [2.24, 2.45) is 0 Å². The van der Waals surface area contributed by atoms with Gasteiger partial charge in [-0.3, -0.25) is 4.79 Å². The summed E-state index contributed by atoms with van der Waals surface area (Å²) in [5.74, 6) is -0.561. The van der Waals surface area contributed by atoms with Crippen molar-refractivity contribution in [3.63, 3.8) is 0 Å². The summed E-state index contributed by atoms with van der Waals surface area (Å²) in [6.07, 6.45) is 2.09. The first kappa shape index (κ1) is 8.50. The molecule has 1 heterocycles. The van der Waals surface area contributed by atoms with Crippen molar-refractivity contribution in [1.82, 2.24) is 4.98 Å². The Morgan fingerprint density at radius 2 is 2.31 bits per heavy atom. The van der Waals surface area contributed by atoms with Gasteiger partial charge in [0.1, 0.15) is 5.01 Å². The highest BCUT2D eigenvalue weighted by Gasteiger charge is 2.28. The predicted octanol–water partition coefficient (Wildman–Crippen LogP) is 1.35. The van der Waals surface area contributed by atoms with Crippen LogP contribution < -0.4 is 0 Å². The van der Waals surface area contributed by atoms with Crippen LogP contribution in [0.5, 0.6) is 5.88 Å². The summed E-state index contributed by atoms with van der Waals surface area (Å²) < 4.78 is 0. The Kier molecular flexibility index (Phi) is 1.95.